The lowest BCUT2D eigenvalue weighted by atomic mass is 10.1. The van der Waals surface area contributed by atoms with Crippen molar-refractivity contribution in [2.75, 3.05) is 13.2 Å². The topological polar surface area (TPSA) is 38.7 Å². The summed E-state index contributed by atoms with van der Waals surface area (Å²) < 4.78 is 10.9. The highest BCUT2D eigenvalue weighted by Crippen LogP contribution is 2.22. The predicted molar refractivity (Wildman–Crippen MR) is 57.0 cm³/mol. The Morgan fingerprint density at radius 1 is 1.29 bits per heavy atom. The van der Waals surface area contributed by atoms with Gasteiger partial charge in [-0.1, -0.05) is 19.1 Å². The maximum atomic E-state index is 9.60. The number of hydrogen-bond donors (Lipinski definition) is 1. The normalized spacial score (nSPS) is 13.6. The van der Waals surface area contributed by atoms with E-state index in [4.69, 9.17) is 9.47 Å². The van der Waals surface area contributed by atoms with E-state index in [9.17, 15) is 5.11 Å². The number of aliphatic hydroxyl groups excluding tert-OH is 1. The molecular formula is C11H20O3. The maximum Gasteiger partial charge on any atom is 0.194 e. The average Bonchev–Trinajstić information content (AvgIpc) is 2.18. The van der Waals surface area contributed by atoms with E-state index >= 15 is 0 Å². The van der Waals surface area contributed by atoms with Crippen LogP contribution in [0.25, 0.3) is 0 Å². The fraction of sp³-hybridized carbons (Fsp3) is 0.636. The van der Waals surface area contributed by atoms with E-state index in [-0.39, 0.29) is 0 Å². The van der Waals surface area contributed by atoms with Crippen molar-refractivity contribution in [1.29, 1.82) is 0 Å². The minimum Gasteiger partial charge on any atom is -0.388 e. The van der Waals surface area contributed by atoms with Gasteiger partial charge in [-0.3, -0.25) is 0 Å². The van der Waals surface area contributed by atoms with Gasteiger partial charge in [0.05, 0.1) is 13.2 Å². The van der Waals surface area contributed by atoms with Crippen LogP contribution in [-0.2, 0) is 9.47 Å². The van der Waals surface area contributed by atoms with Crippen LogP contribution >= 0.6 is 0 Å². The smallest absolute Gasteiger partial charge is 0.194 e. The molecular weight excluding hydrogens is 180 g/mol. The highest BCUT2D eigenvalue weighted by Gasteiger charge is 2.35. The Bertz CT molecular complexity index is 163. The molecule has 0 aliphatic rings. The summed E-state index contributed by atoms with van der Waals surface area (Å²) in [6.45, 7) is 11.4. The van der Waals surface area contributed by atoms with Gasteiger partial charge in [0, 0.05) is 6.42 Å². The van der Waals surface area contributed by atoms with Crippen molar-refractivity contribution in [3.8, 4) is 0 Å². The first-order chi connectivity index (χ1) is 6.63. The summed E-state index contributed by atoms with van der Waals surface area (Å²) >= 11 is 0. The quantitative estimate of drug-likeness (QED) is 0.480. The number of hydrogen-bond acceptors (Lipinski definition) is 3. The van der Waals surface area contributed by atoms with Crippen molar-refractivity contribution in [3.05, 3.63) is 25.3 Å². The zero-order valence-corrected chi connectivity index (χ0v) is 9.03. The molecule has 0 radical (unpaired) electrons. The van der Waals surface area contributed by atoms with Gasteiger partial charge in [0.2, 0.25) is 0 Å². The van der Waals surface area contributed by atoms with Crippen LogP contribution in [0.5, 0.6) is 0 Å². The summed E-state index contributed by atoms with van der Waals surface area (Å²) in [5.41, 5.74) is 0. The van der Waals surface area contributed by atoms with Gasteiger partial charge in [0.1, 0.15) is 6.10 Å². The van der Waals surface area contributed by atoms with Crippen LogP contribution in [0.1, 0.15) is 20.3 Å². The van der Waals surface area contributed by atoms with E-state index < -0.39 is 11.9 Å². The zero-order valence-electron chi connectivity index (χ0n) is 9.03. The third kappa shape index (κ3) is 3.62. The molecule has 0 fully saturated rings. The lowest BCUT2D eigenvalue weighted by Crippen LogP contribution is -2.45. The van der Waals surface area contributed by atoms with Crippen molar-refractivity contribution in [1.82, 2.24) is 0 Å². The van der Waals surface area contributed by atoms with Gasteiger partial charge in [-0.05, 0) is 6.92 Å². The molecule has 0 amide bonds. The Morgan fingerprint density at radius 2 is 1.71 bits per heavy atom. The molecule has 0 bridgehead atoms. The fourth-order valence-corrected chi connectivity index (χ4v) is 1.18. The molecule has 0 aromatic heterocycles. The van der Waals surface area contributed by atoms with Crippen LogP contribution in [0, 0.1) is 0 Å². The summed E-state index contributed by atoms with van der Waals surface area (Å²) in [6.07, 6.45) is 3.15. The largest absolute Gasteiger partial charge is 0.388 e. The van der Waals surface area contributed by atoms with E-state index in [0.717, 1.165) is 0 Å². The van der Waals surface area contributed by atoms with Crippen molar-refractivity contribution < 1.29 is 14.6 Å². The lowest BCUT2D eigenvalue weighted by molar-refractivity contribution is -0.271. The molecule has 0 rings (SSSR count). The Balaban J connectivity index is 4.41. The van der Waals surface area contributed by atoms with E-state index in [1.54, 1.807) is 19.1 Å². The van der Waals surface area contributed by atoms with Crippen LogP contribution in [0.2, 0.25) is 0 Å². The van der Waals surface area contributed by atoms with Crippen LogP contribution in [0.3, 0.4) is 0 Å². The fourth-order valence-electron chi connectivity index (χ4n) is 1.18. The first-order valence-corrected chi connectivity index (χ1v) is 4.80. The molecule has 0 aliphatic heterocycles. The van der Waals surface area contributed by atoms with Crippen molar-refractivity contribution in [2.45, 2.75) is 32.2 Å². The third-order valence-corrected chi connectivity index (χ3v) is 2.02. The predicted octanol–water partition coefficient (Wildman–Crippen LogP) is 1.88. The van der Waals surface area contributed by atoms with Gasteiger partial charge in [0.15, 0.2) is 5.79 Å². The minimum absolute atomic E-state index is 0.357. The molecule has 0 aromatic rings. The Morgan fingerprint density at radius 3 is 1.93 bits per heavy atom. The van der Waals surface area contributed by atoms with Crippen LogP contribution in [0.4, 0.5) is 0 Å². The van der Waals surface area contributed by atoms with Gasteiger partial charge in [-0.15, -0.1) is 13.2 Å². The summed E-state index contributed by atoms with van der Waals surface area (Å²) in [6, 6.07) is 0. The summed E-state index contributed by atoms with van der Waals surface area (Å²) in [5, 5.41) is 9.60. The molecule has 3 nitrogen and oxygen atoms in total. The standard InChI is InChI=1S/C11H20O3/c1-5-8-13-11(7-3,10(4)12)14-9-6-2/h5-6,10,12H,1-2,7-9H2,3-4H3. The molecule has 0 spiro atoms. The first-order valence-electron chi connectivity index (χ1n) is 4.80. The molecule has 82 valence electrons. The summed E-state index contributed by atoms with van der Waals surface area (Å²) in [7, 11) is 0. The van der Waals surface area contributed by atoms with Crippen LogP contribution in [0.15, 0.2) is 25.3 Å². The molecule has 1 unspecified atom stereocenters. The van der Waals surface area contributed by atoms with E-state index in [2.05, 4.69) is 13.2 Å². The number of ether oxygens (including phenoxy) is 2. The van der Waals surface area contributed by atoms with Crippen LogP contribution < -0.4 is 0 Å². The molecule has 0 heterocycles. The van der Waals surface area contributed by atoms with Gasteiger partial charge in [-0.2, -0.15) is 0 Å². The van der Waals surface area contributed by atoms with Crippen LogP contribution in [-0.4, -0.2) is 30.2 Å². The van der Waals surface area contributed by atoms with Gasteiger partial charge < -0.3 is 14.6 Å². The first kappa shape index (κ1) is 13.4. The monoisotopic (exact) mass is 200 g/mol. The van der Waals surface area contributed by atoms with E-state index in [1.165, 1.54) is 0 Å². The second-order valence-electron chi connectivity index (χ2n) is 3.04. The molecule has 3 heteroatoms. The third-order valence-electron chi connectivity index (χ3n) is 2.02. The van der Waals surface area contributed by atoms with Gasteiger partial charge in [-0.25, -0.2) is 0 Å². The molecule has 0 saturated heterocycles. The highest BCUT2D eigenvalue weighted by molar-refractivity contribution is 4.79. The second-order valence-corrected chi connectivity index (χ2v) is 3.04. The average molecular weight is 200 g/mol. The minimum atomic E-state index is -0.942. The number of rotatable bonds is 8. The maximum absolute atomic E-state index is 9.60. The zero-order chi connectivity index (χ0) is 11.0. The molecule has 0 aromatic carbocycles. The van der Waals surface area contributed by atoms with Crippen molar-refractivity contribution in [3.63, 3.8) is 0 Å². The molecule has 0 aliphatic carbocycles. The van der Waals surface area contributed by atoms with E-state index in [1.807, 2.05) is 6.92 Å². The lowest BCUT2D eigenvalue weighted by Gasteiger charge is -2.34. The molecule has 1 atom stereocenters. The molecule has 14 heavy (non-hydrogen) atoms. The second kappa shape index (κ2) is 6.76. The van der Waals surface area contributed by atoms with Gasteiger partial charge in [0.25, 0.3) is 0 Å². The highest BCUT2D eigenvalue weighted by atomic mass is 16.7. The molecule has 1 N–H and O–H groups in total. The Labute approximate surface area is 86.0 Å². The summed E-state index contributed by atoms with van der Waals surface area (Å²) in [5.74, 6) is -0.942. The van der Waals surface area contributed by atoms with E-state index in [0.29, 0.717) is 19.6 Å². The molecule has 0 saturated carbocycles. The SMILES string of the molecule is C=CCOC(CC)(OCC=C)C(C)O. The van der Waals surface area contributed by atoms with Gasteiger partial charge >= 0.3 is 0 Å². The van der Waals surface area contributed by atoms with Crippen molar-refractivity contribution in [2.24, 2.45) is 0 Å². The number of aliphatic hydroxyl groups is 1. The Hall–Kier alpha value is -0.640. The summed E-state index contributed by atoms with van der Waals surface area (Å²) in [4.78, 5) is 0. The van der Waals surface area contributed by atoms with Crippen molar-refractivity contribution >= 4 is 0 Å². The Kier molecular flexibility index (Phi) is 6.45.